The van der Waals surface area contributed by atoms with E-state index in [1.165, 1.54) is 23.1 Å². The predicted octanol–water partition coefficient (Wildman–Crippen LogP) is 4.98. The number of benzene rings is 2. The molecule has 0 saturated heterocycles. The summed E-state index contributed by atoms with van der Waals surface area (Å²) >= 11 is 2.82. The van der Waals surface area contributed by atoms with Crippen LogP contribution in [0.15, 0.2) is 70.9 Å². The number of methoxy groups -OCH3 is 1. The van der Waals surface area contributed by atoms with E-state index in [1.807, 2.05) is 47.8 Å². The molecule has 132 valence electrons. The summed E-state index contributed by atoms with van der Waals surface area (Å²) in [7, 11) is 1.55. The number of Topliss-reactive ketones (excluding diaryl/α,β-unsaturated/α-hetero) is 1. The monoisotopic (exact) mass is 383 g/mol. The molecule has 0 bridgehead atoms. The van der Waals surface area contributed by atoms with Gasteiger partial charge in [0.05, 0.1) is 23.3 Å². The summed E-state index contributed by atoms with van der Waals surface area (Å²) in [5.41, 5.74) is 1.28. The molecule has 3 aromatic rings. The van der Waals surface area contributed by atoms with Crippen molar-refractivity contribution in [1.82, 2.24) is 0 Å². The molecule has 1 N–H and O–H groups in total. The van der Waals surface area contributed by atoms with Crippen molar-refractivity contribution in [2.24, 2.45) is 0 Å². The molecule has 3 rings (SSSR count). The Kier molecular flexibility index (Phi) is 6.09. The first-order valence-electron chi connectivity index (χ1n) is 7.91. The number of hydrogen-bond donors (Lipinski definition) is 1. The number of carbonyl (C=O) groups excluding carboxylic acids is 2. The van der Waals surface area contributed by atoms with Crippen molar-refractivity contribution in [1.29, 1.82) is 0 Å². The van der Waals surface area contributed by atoms with Crippen LogP contribution in [0.25, 0.3) is 0 Å². The van der Waals surface area contributed by atoms with Crippen LogP contribution < -0.4 is 10.1 Å². The minimum absolute atomic E-state index is 0.000439. The van der Waals surface area contributed by atoms with Crippen LogP contribution in [0, 0.1) is 0 Å². The lowest BCUT2D eigenvalue weighted by Gasteiger charge is -2.08. The van der Waals surface area contributed by atoms with Gasteiger partial charge in [-0.1, -0.05) is 24.3 Å². The lowest BCUT2D eigenvalue weighted by molar-refractivity contribution is 0.101. The molecule has 0 atom stereocenters. The molecule has 0 saturated carbocycles. The number of anilines is 1. The van der Waals surface area contributed by atoms with Gasteiger partial charge < -0.3 is 10.1 Å². The van der Waals surface area contributed by atoms with Crippen LogP contribution in [-0.2, 0) is 0 Å². The lowest BCUT2D eigenvalue weighted by atomic mass is 10.1. The van der Waals surface area contributed by atoms with Crippen LogP contribution in [-0.4, -0.2) is 24.6 Å². The highest BCUT2D eigenvalue weighted by atomic mass is 32.2. The van der Waals surface area contributed by atoms with Crippen LogP contribution in [0.5, 0.6) is 5.75 Å². The van der Waals surface area contributed by atoms with E-state index < -0.39 is 0 Å². The first kappa shape index (κ1) is 18.2. The Labute approximate surface area is 160 Å². The molecular formula is C20H17NO3S2. The number of amides is 1. The number of thiophene rings is 1. The lowest BCUT2D eigenvalue weighted by Crippen LogP contribution is -2.10. The zero-order valence-electron chi connectivity index (χ0n) is 14.1. The van der Waals surface area contributed by atoms with Crippen LogP contribution in [0.1, 0.15) is 20.0 Å². The second-order valence-electron chi connectivity index (χ2n) is 5.37. The van der Waals surface area contributed by atoms with E-state index in [1.54, 1.807) is 25.3 Å². The van der Waals surface area contributed by atoms with Crippen molar-refractivity contribution < 1.29 is 14.3 Å². The number of thioether (sulfide) groups is 1. The molecule has 2 aromatic carbocycles. The average Bonchev–Trinajstić information content (AvgIpc) is 3.21. The van der Waals surface area contributed by atoms with Crippen LogP contribution >= 0.6 is 23.1 Å². The molecule has 0 aliphatic rings. The number of carbonyl (C=O) groups is 2. The van der Waals surface area contributed by atoms with E-state index in [2.05, 4.69) is 5.32 Å². The van der Waals surface area contributed by atoms with Crippen molar-refractivity contribution in [3.8, 4) is 5.75 Å². The fraction of sp³-hybridized carbons (Fsp3) is 0.100. The van der Waals surface area contributed by atoms with Gasteiger partial charge in [0, 0.05) is 10.6 Å². The second kappa shape index (κ2) is 8.69. The Hall–Kier alpha value is -2.57. The van der Waals surface area contributed by atoms with Crippen molar-refractivity contribution in [2.75, 3.05) is 18.2 Å². The highest BCUT2D eigenvalue weighted by molar-refractivity contribution is 8.00. The van der Waals surface area contributed by atoms with Crippen molar-refractivity contribution in [3.05, 3.63) is 76.5 Å². The summed E-state index contributed by atoms with van der Waals surface area (Å²) < 4.78 is 5.24. The number of nitrogens with one attached hydrogen (secondary N) is 1. The first-order valence-corrected chi connectivity index (χ1v) is 9.78. The molecule has 0 fully saturated rings. The second-order valence-corrected chi connectivity index (χ2v) is 7.37. The van der Waals surface area contributed by atoms with Gasteiger partial charge in [-0.2, -0.15) is 0 Å². The summed E-state index contributed by atoms with van der Waals surface area (Å²) in [6, 6.07) is 18.3. The van der Waals surface area contributed by atoms with Gasteiger partial charge >= 0.3 is 0 Å². The number of hydrogen-bond acceptors (Lipinski definition) is 5. The summed E-state index contributed by atoms with van der Waals surface area (Å²) in [5.74, 6) is 0.741. The quantitative estimate of drug-likeness (QED) is 0.462. The third kappa shape index (κ3) is 4.53. The summed E-state index contributed by atoms with van der Waals surface area (Å²) in [6.45, 7) is 0. The van der Waals surface area contributed by atoms with Gasteiger partial charge in [-0.25, -0.2) is 0 Å². The SMILES string of the molecule is COc1ccccc1C(=O)CSc1cccc(NC(=O)c2cccs2)c1. The van der Waals surface area contributed by atoms with Crippen LogP contribution in [0.4, 0.5) is 5.69 Å². The molecule has 6 heteroatoms. The number of ether oxygens (including phenoxy) is 1. The maximum atomic E-state index is 12.4. The van der Waals surface area contributed by atoms with Gasteiger partial charge in [-0.3, -0.25) is 9.59 Å². The van der Waals surface area contributed by atoms with E-state index in [0.29, 0.717) is 27.6 Å². The molecule has 26 heavy (non-hydrogen) atoms. The molecule has 0 spiro atoms. The molecule has 1 aromatic heterocycles. The fourth-order valence-electron chi connectivity index (χ4n) is 2.37. The largest absolute Gasteiger partial charge is 0.496 e. The number of ketones is 1. The summed E-state index contributed by atoms with van der Waals surface area (Å²) in [6.07, 6.45) is 0. The van der Waals surface area contributed by atoms with Crippen LogP contribution in [0.3, 0.4) is 0 Å². The van der Waals surface area contributed by atoms with E-state index in [4.69, 9.17) is 4.74 Å². The molecule has 1 amide bonds. The highest BCUT2D eigenvalue weighted by Gasteiger charge is 2.12. The minimum Gasteiger partial charge on any atom is -0.496 e. The number of rotatable bonds is 7. The van der Waals surface area contributed by atoms with E-state index in [9.17, 15) is 9.59 Å². The van der Waals surface area contributed by atoms with Crippen molar-refractivity contribution >= 4 is 40.5 Å². The van der Waals surface area contributed by atoms with Gasteiger partial charge in [0.1, 0.15) is 5.75 Å². The third-order valence-electron chi connectivity index (χ3n) is 3.61. The van der Waals surface area contributed by atoms with Gasteiger partial charge in [-0.05, 0) is 41.8 Å². The zero-order valence-corrected chi connectivity index (χ0v) is 15.7. The Morgan fingerprint density at radius 2 is 1.92 bits per heavy atom. The molecular weight excluding hydrogens is 366 g/mol. The smallest absolute Gasteiger partial charge is 0.265 e. The topological polar surface area (TPSA) is 55.4 Å². The fourth-order valence-corrected chi connectivity index (χ4v) is 3.82. The van der Waals surface area contributed by atoms with Gasteiger partial charge in [-0.15, -0.1) is 23.1 Å². The minimum atomic E-state index is -0.132. The molecule has 0 aliphatic heterocycles. The predicted molar refractivity (Wildman–Crippen MR) is 107 cm³/mol. The Morgan fingerprint density at radius 3 is 2.69 bits per heavy atom. The molecule has 1 heterocycles. The van der Waals surface area contributed by atoms with Crippen molar-refractivity contribution in [3.63, 3.8) is 0 Å². The maximum Gasteiger partial charge on any atom is 0.265 e. The first-order chi connectivity index (χ1) is 12.7. The maximum absolute atomic E-state index is 12.4. The van der Waals surface area contributed by atoms with E-state index >= 15 is 0 Å². The van der Waals surface area contributed by atoms with Crippen molar-refractivity contribution in [2.45, 2.75) is 4.90 Å². The van der Waals surface area contributed by atoms with Gasteiger partial charge in [0.15, 0.2) is 5.78 Å². The van der Waals surface area contributed by atoms with Crippen LogP contribution in [0.2, 0.25) is 0 Å². The zero-order chi connectivity index (χ0) is 18.4. The summed E-state index contributed by atoms with van der Waals surface area (Å²) in [5, 5.41) is 4.74. The Bertz CT molecular complexity index is 907. The van der Waals surface area contributed by atoms with E-state index in [-0.39, 0.29) is 11.7 Å². The molecule has 0 aliphatic carbocycles. The Balaban J connectivity index is 1.63. The van der Waals surface area contributed by atoms with Gasteiger partial charge in [0.25, 0.3) is 5.91 Å². The standard InChI is InChI=1S/C20H17NO3S2/c1-24-18-9-3-2-8-16(18)17(22)13-26-15-7-4-6-14(12-15)21-20(23)19-10-5-11-25-19/h2-12H,13H2,1H3,(H,21,23). The molecule has 0 unspecified atom stereocenters. The average molecular weight is 383 g/mol. The normalized spacial score (nSPS) is 10.3. The Morgan fingerprint density at radius 1 is 1.08 bits per heavy atom. The molecule has 0 radical (unpaired) electrons. The molecule has 4 nitrogen and oxygen atoms in total. The third-order valence-corrected chi connectivity index (χ3v) is 5.48. The summed E-state index contributed by atoms with van der Waals surface area (Å²) in [4.78, 5) is 26.2. The van der Waals surface area contributed by atoms with Gasteiger partial charge in [0.2, 0.25) is 0 Å². The highest BCUT2D eigenvalue weighted by Crippen LogP contribution is 2.25. The number of para-hydroxylation sites is 1. The van der Waals surface area contributed by atoms with E-state index in [0.717, 1.165) is 4.90 Å².